The van der Waals surface area contributed by atoms with Crippen LogP contribution < -0.4 is 0 Å². The van der Waals surface area contributed by atoms with E-state index in [9.17, 15) is 4.79 Å². The standard InChI is InChI=1S/C10H11N3O2S/c1-13-8-4-11-3-2-7(8)12-9(13)5-16-6-10(14)15/h2-4H,5-6H2,1H3,(H,14,15). The molecule has 5 nitrogen and oxygen atoms in total. The fraction of sp³-hybridized carbons (Fsp3) is 0.300. The number of hydrogen-bond acceptors (Lipinski definition) is 4. The van der Waals surface area contributed by atoms with E-state index in [1.54, 1.807) is 12.4 Å². The van der Waals surface area contributed by atoms with Crippen molar-refractivity contribution in [2.45, 2.75) is 5.75 Å². The molecule has 2 aromatic rings. The lowest BCUT2D eigenvalue weighted by molar-refractivity contribution is -0.133. The van der Waals surface area contributed by atoms with Gasteiger partial charge in [0, 0.05) is 13.2 Å². The summed E-state index contributed by atoms with van der Waals surface area (Å²) in [6.07, 6.45) is 3.46. The Morgan fingerprint density at radius 2 is 2.44 bits per heavy atom. The maximum Gasteiger partial charge on any atom is 0.313 e. The number of carboxylic acid groups (broad SMARTS) is 1. The highest BCUT2D eigenvalue weighted by Gasteiger charge is 2.07. The predicted molar refractivity (Wildman–Crippen MR) is 62.3 cm³/mol. The molecule has 0 aliphatic rings. The largest absolute Gasteiger partial charge is 0.481 e. The van der Waals surface area contributed by atoms with Crippen molar-refractivity contribution in [1.82, 2.24) is 14.5 Å². The van der Waals surface area contributed by atoms with Crippen LogP contribution in [-0.4, -0.2) is 31.4 Å². The molecule has 2 heterocycles. The number of carbonyl (C=O) groups is 1. The molecule has 0 aliphatic heterocycles. The van der Waals surface area contributed by atoms with Gasteiger partial charge in [0.1, 0.15) is 5.82 Å². The summed E-state index contributed by atoms with van der Waals surface area (Å²) in [7, 11) is 1.91. The van der Waals surface area contributed by atoms with Gasteiger partial charge in [-0.15, -0.1) is 11.8 Å². The zero-order chi connectivity index (χ0) is 11.5. The van der Waals surface area contributed by atoms with E-state index >= 15 is 0 Å². The van der Waals surface area contributed by atoms with Crippen molar-refractivity contribution < 1.29 is 9.90 Å². The second-order valence-corrected chi connectivity index (χ2v) is 4.32. The Kier molecular flexibility index (Phi) is 3.09. The Bertz CT molecular complexity index is 524. The number of hydrogen-bond donors (Lipinski definition) is 1. The van der Waals surface area contributed by atoms with E-state index in [0.29, 0.717) is 5.75 Å². The molecule has 0 amide bonds. The minimum atomic E-state index is -0.801. The average Bonchev–Trinajstić information content (AvgIpc) is 2.56. The lowest BCUT2D eigenvalue weighted by atomic mass is 10.4. The number of nitrogens with zero attached hydrogens (tertiary/aromatic N) is 3. The molecule has 0 saturated heterocycles. The van der Waals surface area contributed by atoms with Crippen LogP contribution >= 0.6 is 11.8 Å². The second kappa shape index (κ2) is 4.52. The van der Waals surface area contributed by atoms with Crippen LogP contribution in [0.2, 0.25) is 0 Å². The molecule has 0 unspecified atom stereocenters. The lowest BCUT2D eigenvalue weighted by Gasteiger charge is -2.00. The van der Waals surface area contributed by atoms with E-state index in [2.05, 4.69) is 9.97 Å². The third kappa shape index (κ3) is 2.16. The highest BCUT2D eigenvalue weighted by Crippen LogP contribution is 2.17. The summed E-state index contributed by atoms with van der Waals surface area (Å²) in [5.41, 5.74) is 1.86. The summed E-state index contributed by atoms with van der Waals surface area (Å²) >= 11 is 1.34. The van der Waals surface area contributed by atoms with Crippen LogP contribution in [0.1, 0.15) is 5.82 Å². The van der Waals surface area contributed by atoms with Crippen molar-refractivity contribution in [3.05, 3.63) is 24.3 Å². The molecular formula is C10H11N3O2S. The first-order chi connectivity index (χ1) is 7.68. The van der Waals surface area contributed by atoms with Crippen molar-refractivity contribution >= 4 is 28.8 Å². The van der Waals surface area contributed by atoms with Gasteiger partial charge in [-0.2, -0.15) is 0 Å². The number of fused-ring (bicyclic) bond motifs is 1. The van der Waals surface area contributed by atoms with Gasteiger partial charge >= 0.3 is 5.97 Å². The van der Waals surface area contributed by atoms with Gasteiger partial charge < -0.3 is 9.67 Å². The van der Waals surface area contributed by atoms with Crippen LogP contribution in [0.15, 0.2) is 18.5 Å². The van der Waals surface area contributed by atoms with Crippen LogP contribution in [0.5, 0.6) is 0 Å². The maximum atomic E-state index is 10.4. The van der Waals surface area contributed by atoms with E-state index in [4.69, 9.17) is 5.11 Å². The summed E-state index contributed by atoms with van der Waals surface area (Å²) in [6, 6.07) is 1.85. The molecule has 0 aromatic carbocycles. The first-order valence-corrected chi connectivity index (χ1v) is 5.89. The Hall–Kier alpha value is -1.56. The molecule has 1 N–H and O–H groups in total. The zero-order valence-electron chi connectivity index (χ0n) is 8.75. The number of carboxylic acids is 1. The van der Waals surface area contributed by atoms with Crippen LogP contribution in [0, 0.1) is 0 Å². The van der Waals surface area contributed by atoms with Crippen molar-refractivity contribution in [1.29, 1.82) is 0 Å². The van der Waals surface area contributed by atoms with E-state index in [0.717, 1.165) is 16.9 Å². The van der Waals surface area contributed by atoms with Gasteiger partial charge in [0.15, 0.2) is 0 Å². The highest BCUT2D eigenvalue weighted by atomic mass is 32.2. The number of rotatable bonds is 4. The minimum absolute atomic E-state index is 0.0987. The van der Waals surface area contributed by atoms with Crippen LogP contribution in [0.4, 0.5) is 0 Å². The maximum absolute atomic E-state index is 10.4. The lowest BCUT2D eigenvalue weighted by Crippen LogP contribution is -2.01. The third-order valence-corrected chi connectivity index (χ3v) is 3.15. The Balaban J connectivity index is 2.18. The molecule has 0 atom stereocenters. The number of thioether (sulfide) groups is 1. The van der Waals surface area contributed by atoms with Crippen molar-refractivity contribution in [2.75, 3.05) is 5.75 Å². The molecule has 2 rings (SSSR count). The Labute approximate surface area is 96.5 Å². The van der Waals surface area contributed by atoms with Crippen LogP contribution in [0.3, 0.4) is 0 Å². The van der Waals surface area contributed by atoms with Gasteiger partial charge in [-0.3, -0.25) is 9.78 Å². The molecule has 0 aliphatic carbocycles. The second-order valence-electron chi connectivity index (χ2n) is 3.34. The molecule has 84 valence electrons. The molecular weight excluding hydrogens is 226 g/mol. The van der Waals surface area contributed by atoms with E-state index in [1.807, 2.05) is 17.7 Å². The molecule has 2 aromatic heterocycles. The normalized spacial score (nSPS) is 10.8. The van der Waals surface area contributed by atoms with Gasteiger partial charge in [-0.05, 0) is 6.07 Å². The van der Waals surface area contributed by atoms with Crippen molar-refractivity contribution in [3.8, 4) is 0 Å². The first kappa shape index (κ1) is 10.9. The molecule has 0 saturated carbocycles. The van der Waals surface area contributed by atoms with Gasteiger partial charge in [0.25, 0.3) is 0 Å². The number of aryl methyl sites for hydroxylation is 1. The fourth-order valence-electron chi connectivity index (χ4n) is 1.44. The van der Waals surface area contributed by atoms with Crippen LogP contribution in [0.25, 0.3) is 11.0 Å². The SMILES string of the molecule is Cn1c(CSCC(=O)O)nc2ccncc21. The summed E-state index contributed by atoms with van der Waals surface area (Å²) < 4.78 is 1.94. The zero-order valence-corrected chi connectivity index (χ0v) is 9.57. The van der Waals surface area contributed by atoms with Crippen LogP contribution in [-0.2, 0) is 17.6 Å². The highest BCUT2D eigenvalue weighted by molar-refractivity contribution is 7.99. The molecule has 0 spiro atoms. The van der Waals surface area contributed by atoms with Gasteiger partial charge in [-0.1, -0.05) is 0 Å². The molecule has 0 bridgehead atoms. The fourth-order valence-corrected chi connectivity index (χ4v) is 2.16. The molecule has 16 heavy (non-hydrogen) atoms. The quantitative estimate of drug-likeness (QED) is 0.867. The first-order valence-electron chi connectivity index (χ1n) is 4.73. The summed E-state index contributed by atoms with van der Waals surface area (Å²) in [5, 5.41) is 8.54. The molecule has 6 heteroatoms. The molecule has 0 fully saturated rings. The monoisotopic (exact) mass is 237 g/mol. The number of aliphatic carboxylic acids is 1. The average molecular weight is 237 g/mol. The van der Waals surface area contributed by atoms with Crippen molar-refractivity contribution in [2.24, 2.45) is 7.05 Å². The summed E-state index contributed by atoms with van der Waals surface area (Å²) in [5.74, 6) is 0.763. The summed E-state index contributed by atoms with van der Waals surface area (Å²) in [6.45, 7) is 0. The van der Waals surface area contributed by atoms with Gasteiger partial charge in [0.05, 0.1) is 28.7 Å². The predicted octanol–water partition coefficient (Wildman–Crippen LogP) is 1.29. The van der Waals surface area contributed by atoms with E-state index in [-0.39, 0.29) is 5.75 Å². The Morgan fingerprint density at radius 3 is 3.12 bits per heavy atom. The topological polar surface area (TPSA) is 68.0 Å². The Morgan fingerprint density at radius 1 is 1.62 bits per heavy atom. The van der Waals surface area contributed by atoms with E-state index in [1.165, 1.54) is 11.8 Å². The number of pyridine rings is 1. The number of aromatic nitrogens is 3. The number of imidazole rings is 1. The smallest absolute Gasteiger partial charge is 0.313 e. The summed E-state index contributed by atoms with van der Waals surface area (Å²) in [4.78, 5) is 18.8. The van der Waals surface area contributed by atoms with Gasteiger partial charge in [0.2, 0.25) is 0 Å². The van der Waals surface area contributed by atoms with Crippen molar-refractivity contribution in [3.63, 3.8) is 0 Å². The van der Waals surface area contributed by atoms with Gasteiger partial charge in [-0.25, -0.2) is 4.98 Å². The van der Waals surface area contributed by atoms with E-state index < -0.39 is 5.97 Å². The third-order valence-electron chi connectivity index (χ3n) is 2.23. The minimum Gasteiger partial charge on any atom is -0.481 e. The molecule has 0 radical (unpaired) electrons.